The quantitative estimate of drug-likeness (QED) is 0.895. The van der Waals surface area contributed by atoms with Gasteiger partial charge in [0.15, 0.2) is 0 Å². The molecule has 2 atom stereocenters. The average Bonchev–Trinajstić information content (AvgIpc) is 3.32. The van der Waals surface area contributed by atoms with Gasteiger partial charge in [0, 0.05) is 49.9 Å². The van der Waals surface area contributed by atoms with Crippen molar-refractivity contribution in [3.05, 3.63) is 41.2 Å². The molecule has 0 radical (unpaired) electrons. The molecule has 1 saturated heterocycles. The van der Waals surface area contributed by atoms with Crippen LogP contribution in [0, 0.1) is 12.8 Å². The van der Waals surface area contributed by atoms with Crippen LogP contribution in [0.3, 0.4) is 0 Å². The molecule has 0 spiro atoms. The Morgan fingerprint density at radius 1 is 1.46 bits per heavy atom. The molecule has 7 heteroatoms. The van der Waals surface area contributed by atoms with Crippen molar-refractivity contribution in [2.24, 2.45) is 5.92 Å². The number of hydrogen-bond donors (Lipinski definition) is 1. The van der Waals surface area contributed by atoms with Crippen LogP contribution < -0.4 is 5.32 Å². The molecule has 7 nitrogen and oxygen atoms in total. The van der Waals surface area contributed by atoms with Gasteiger partial charge in [0.2, 0.25) is 5.91 Å². The summed E-state index contributed by atoms with van der Waals surface area (Å²) in [6, 6.07) is 1.96. The first-order valence-electron chi connectivity index (χ1n) is 9.44. The molecule has 4 heterocycles. The van der Waals surface area contributed by atoms with E-state index in [0.717, 1.165) is 55.3 Å². The van der Waals surface area contributed by atoms with Crippen molar-refractivity contribution in [3.8, 4) is 0 Å². The first-order chi connectivity index (χ1) is 12.6. The number of carbonyl (C=O) groups excluding carboxylic acids is 1. The van der Waals surface area contributed by atoms with Gasteiger partial charge in [-0.05, 0) is 26.0 Å². The Kier molecular flexibility index (Phi) is 4.72. The molecular formula is C19H26N6O. The smallest absolute Gasteiger partial charge is 0.227 e. The molecule has 0 saturated carbocycles. The van der Waals surface area contributed by atoms with Gasteiger partial charge in [-0.25, -0.2) is 9.97 Å². The Hall–Kier alpha value is -2.28. The summed E-state index contributed by atoms with van der Waals surface area (Å²) in [7, 11) is 0. The SMILES string of the molecule is Cc1ccn(C[C@H](C)C(=O)N2CCc3nc([C@H]4CCNC4)ncc3C2)n1. The lowest BCUT2D eigenvalue weighted by Crippen LogP contribution is -2.40. The first kappa shape index (κ1) is 17.1. The second kappa shape index (κ2) is 7.15. The van der Waals surface area contributed by atoms with Crippen molar-refractivity contribution >= 4 is 5.91 Å². The maximum absolute atomic E-state index is 12.8. The molecule has 1 N–H and O–H groups in total. The highest BCUT2D eigenvalue weighted by Crippen LogP contribution is 2.23. The molecule has 1 fully saturated rings. The second-order valence-electron chi connectivity index (χ2n) is 7.48. The molecule has 0 bridgehead atoms. The van der Waals surface area contributed by atoms with Crippen LogP contribution in [0.5, 0.6) is 0 Å². The summed E-state index contributed by atoms with van der Waals surface area (Å²) in [6.07, 6.45) is 5.77. The molecule has 2 aliphatic heterocycles. The van der Waals surface area contributed by atoms with Gasteiger partial charge >= 0.3 is 0 Å². The molecule has 138 valence electrons. The highest BCUT2D eigenvalue weighted by molar-refractivity contribution is 5.78. The van der Waals surface area contributed by atoms with E-state index >= 15 is 0 Å². The zero-order valence-electron chi connectivity index (χ0n) is 15.5. The zero-order valence-corrected chi connectivity index (χ0v) is 15.5. The summed E-state index contributed by atoms with van der Waals surface area (Å²) in [6.45, 7) is 7.89. The number of aromatic nitrogens is 4. The highest BCUT2D eigenvalue weighted by atomic mass is 16.2. The first-order valence-corrected chi connectivity index (χ1v) is 9.44. The van der Waals surface area contributed by atoms with Crippen LogP contribution in [-0.2, 0) is 24.3 Å². The topological polar surface area (TPSA) is 75.9 Å². The van der Waals surface area contributed by atoms with Crippen molar-refractivity contribution in [3.63, 3.8) is 0 Å². The molecule has 1 amide bonds. The predicted molar refractivity (Wildman–Crippen MR) is 97.5 cm³/mol. The Bertz CT molecular complexity index is 795. The number of fused-ring (bicyclic) bond motifs is 1. The van der Waals surface area contributed by atoms with Crippen LogP contribution in [0.2, 0.25) is 0 Å². The molecule has 0 unspecified atom stereocenters. The van der Waals surface area contributed by atoms with E-state index < -0.39 is 0 Å². The third-order valence-electron chi connectivity index (χ3n) is 5.35. The standard InChI is InChI=1S/C19H26N6O/c1-13(11-25-8-4-14(2)23-25)19(26)24-7-5-17-16(12-24)10-21-18(22-17)15-3-6-20-9-15/h4,8,10,13,15,20H,3,5-7,9,11-12H2,1-2H3/t13-,15-/m0/s1. The van der Waals surface area contributed by atoms with Crippen molar-refractivity contribution < 1.29 is 4.79 Å². The molecule has 2 aromatic heterocycles. The number of rotatable bonds is 4. The van der Waals surface area contributed by atoms with Gasteiger partial charge in [-0.15, -0.1) is 0 Å². The number of carbonyl (C=O) groups is 1. The Labute approximate surface area is 153 Å². The van der Waals surface area contributed by atoms with E-state index in [1.807, 2.05) is 41.9 Å². The van der Waals surface area contributed by atoms with E-state index in [4.69, 9.17) is 4.98 Å². The van der Waals surface area contributed by atoms with Gasteiger partial charge in [-0.2, -0.15) is 5.10 Å². The molecule has 2 aliphatic rings. The summed E-state index contributed by atoms with van der Waals surface area (Å²) in [4.78, 5) is 24.1. The predicted octanol–water partition coefficient (Wildman–Crippen LogP) is 1.28. The van der Waals surface area contributed by atoms with Crippen LogP contribution in [0.1, 0.15) is 42.0 Å². The minimum absolute atomic E-state index is 0.0967. The number of nitrogens with one attached hydrogen (secondary N) is 1. The lowest BCUT2D eigenvalue weighted by molar-refractivity contribution is -0.136. The Balaban J connectivity index is 1.41. The largest absolute Gasteiger partial charge is 0.338 e. The number of amides is 1. The van der Waals surface area contributed by atoms with Gasteiger partial charge in [-0.1, -0.05) is 6.92 Å². The summed E-state index contributed by atoms with van der Waals surface area (Å²) in [5, 5.41) is 7.75. The normalized spacial score (nSPS) is 20.8. The second-order valence-corrected chi connectivity index (χ2v) is 7.48. The maximum atomic E-state index is 12.8. The highest BCUT2D eigenvalue weighted by Gasteiger charge is 2.27. The number of hydrogen-bond acceptors (Lipinski definition) is 5. The Morgan fingerprint density at radius 3 is 3.08 bits per heavy atom. The monoisotopic (exact) mass is 354 g/mol. The fourth-order valence-corrected chi connectivity index (χ4v) is 3.83. The van der Waals surface area contributed by atoms with Crippen molar-refractivity contribution in [2.75, 3.05) is 19.6 Å². The molecular weight excluding hydrogens is 328 g/mol. The maximum Gasteiger partial charge on any atom is 0.227 e. The molecule has 0 aliphatic carbocycles. The van der Waals surface area contributed by atoms with Gasteiger partial charge in [0.1, 0.15) is 5.82 Å². The average molecular weight is 354 g/mol. The van der Waals surface area contributed by atoms with Crippen LogP contribution in [0.25, 0.3) is 0 Å². The van der Waals surface area contributed by atoms with Crippen LogP contribution in [0.4, 0.5) is 0 Å². The minimum Gasteiger partial charge on any atom is -0.338 e. The van der Waals surface area contributed by atoms with E-state index in [-0.39, 0.29) is 11.8 Å². The van der Waals surface area contributed by atoms with Gasteiger partial charge in [-0.3, -0.25) is 9.48 Å². The fraction of sp³-hybridized carbons (Fsp3) is 0.579. The van der Waals surface area contributed by atoms with Crippen LogP contribution in [-0.4, -0.2) is 50.2 Å². The van der Waals surface area contributed by atoms with Gasteiger partial charge in [0.05, 0.1) is 23.9 Å². The lowest BCUT2D eigenvalue weighted by atomic mass is 10.0. The molecule has 0 aromatic carbocycles. The summed E-state index contributed by atoms with van der Waals surface area (Å²) in [5.41, 5.74) is 3.17. The van der Waals surface area contributed by atoms with E-state index in [0.29, 0.717) is 19.0 Å². The molecule has 26 heavy (non-hydrogen) atoms. The van der Waals surface area contributed by atoms with E-state index in [9.17, 15) is 4.79 Å². The Morgan fingerprint density at radius 2 is 2.35 bits per heavy atom. The fourth-order valence-electron chi connectivity index (χ4n) is 3.83. The van der Waals surface area contributed by atoms with Crippen molar-refractivity contribution in [1.29, 1.82) is 0 Å². The lowest BCUT2D eigenvalue weighted by Gasteiger charge is -2.30. The minimum atomic E-state index is -0.0967. The molecule has 2 aromatic rings. The van der Waals surface area contributed by atoms with E-state index in [1.54, 1.807) is 0 Å². The van der Waals surface area contributed by atoms with Crippen molar-refractivity contribution in [1.82, 2.24) is 30.0 Å². The summed E-state index contributed by atoms with van der Waals surface area (Å²) >= 11 is 0. The third-order valence-corrected chi connectivity index (χ3v) is 5.35. The van der Waals surface area contributed by atoms with E-state index in [2.05, 4.69) is 15.4 Å². The zero-order chi connectivity index (χ0) is 18.1. The van der Waals surface area contributed by atoms with Crippen LogP contribution >= 0.6 is 0 Å². The van der Waals surface area contributed by atoms with E-state index in [1.165, 1.54) is 0 Å². The summed E-state index contributed by atoms with van der Waals surface area (Å²) < 4.78 is 1.85. The van der Waals surface area contributed by atoms with Gasteiger partial charge in [0.25, 0.3) is 0 Å². The third kappa shape index (κ3) is 3.49. The summed E-state index contributed by atoms with van der Waals surface area (Å²) in [5.74, 6) is 1.46. The number of aryl methyl sites for hydroxylation is 1. The molecule has 4 rings (SSSR count). The van der Waals surface area contributed by atoms with Crippen LogP contribution in [0.15, 0.2) is 18.5 Å². The number of nitrogens with zero attached hydrogens (tertiary/aromatic N) is 5. The van der Waals surface area contributed by atoms with Gasteiger partial charge < -0.3 is 10.2 Å². The van der Waals surface area contributed by atoms with Crippen molar-refractivity contribution in [2.45, 2.75) is 45.7 Å².